The highest BCUT2D eigenvalue weighted by Gasteiger charge is 2.59. The molecule has 0 spiro atoms. The van der Waals surface area contributed by atoms with Crippen LogP contribution >= 0.6 is 0 Å². The number of hydrogen-bond donors (Lipinski definition) is 6. The van der Waals surface area contributed by atoms with Crippen LogP contribution in [0.3, 0.4) is 0 Å². The molecule has 3 aliphatic carbocycles. The van der Waals surface area contributed by atoms with Gasteiger partial charge in [-0.15, -0.1) is 0 Å². The second-order valence-corrected chi connectivity index (χ2v) is 7.10. The summed E-state index contributed by atoms with van der Waals surface area (Å²) in [6, 6.07) is 2.54. The SMILES string of the molecule is C[C@@]1(O)[C@H](O)C2=C(C3=C(C(=O)c4c(O)cccc4C3=O)C2[NH+]=[N-])[C@H](O)[C@@H]1O. The molecule has 9 nitrogen and oxygen atoms in total. The molecule has 0 bridgehead atoms. The minimum absolute atomic E-state index is 0.0993. The van der Waals surface area contributed by atoms with Crippen LogP contribution < -0.4 is 5.11 Å². The molecular formula is C18H16N2O7. The van der Waals surface area contributed by atoms with Crippen molar-refractivity contribution in [1.29, 1.82) is 0 Å². The van der Waals surface area contributed by atoms with Gasteiger partial charge in [0.2, 0.25) is 5.78 Å². The Labute approximate surface area is 152 Å². The predicted molar refractivity (Wildman–Crippen MR) is 87.6 cm³/mol. The fraction of sp³-hybridized carbons (Fsp3) is 0.333. The summed E-state index contributed by atoms with van der Waals surface area (Å²) in [6.45, 7) is 1.09. The summed E-state index contributed by atoms with van der Waals surface area (Å²) >= 11 is 0. The number of aliphatic hydroxyl groups excluding tert-OH is 3. The second kappa shape index (κ2) is 5.40. The van der Waals surface area contributed by atoms with Crippen molar-refractivity contribution in [2.75, 3.05) is 0 Å². The molecule has 0 radical (unpaired) electrons. The molecule has 1 aromatic carbocycles. The van der Waals surface area contributed by atoms with E-state index in [4.69, 9.17) is 0 Å². The van der Waals surface area contributed by atoms with E-state index in [1.54, 1.807) is 0 Å². The van der Waals surface area contributed by atoms with E-state index in [-0.39, 0.29) is 33.4 Å². The van der Waals surface area contributed by atoms with E-state index < -0.39 is 47.3 Å². The van der Waals surface area contributed by atoms with Crippen molar-refractivity contribution >= 4 is 11.6 Å². The highest BCUT2D eigenvalue weighted by molar-refractivity contribution is 6.30. The maximum absolute atomic E-state index is 13.0. The van der Waals surface area contributed by atoms with Crippen molar-refractivity contribution in [2.45, 2.75) is 36.9 Å². The zero-order chi connectivity index (χ0) is 19.8. The largest absolute Gasteiger partial charge is 0.508 e. The summed E-state index contributed by atoms with van der Waals surface area (Å²) in [5.41, 5.74) is 6.15. The van der Waals surface area contributed by atoms with Gasteiger partial charge < -0.3 is 36.2 Å². The molecule has 140 valence electrons. The molecule has 0 aliphatic heterocycles. The number of aromatic hydroxyl groups is 1. The van der Waals surface area contributed by atoms with E-state index in [1.807, 2.05) is 5.11 Å². The van der Waals surface area contributed by atoms with Crippen molar-refractivity contribution in [2.24, 2.45) is 0 Å². The number of aliphatic hydroxyl groups is 4. The van der Waals surface area contributed by atoms with Crippen LogP contribution in [0.4, 0.5) is 0 Å². The fourth-order valence-electron chi connectivity index (χ4n) is 4.18. The number of carbonyl (C=O) groups excluding carboxylic acids is 2. The Balaban J connectivity index is 2.02. The van der Waals surface area contributed by atoms with Crippen LogP contribution in [0.1, 0.15) is 27.6 Å². The number of fused-ring (bicyclic) bond motifs is 2. The molecule has 0 amide bonds. The molecule has 0 fully saturated rings. The molecule has 1 unspecified atom stereocenters. The Bertz CT molecular complexity index is 991. The van der Waals surface area contributed by atoms with Gasteiger partial charge in [0, 0.05) is 22.3 Å². The Hall–Kier alpha value is -2.72. The van der Waals surface area contributed by atoms with Gasteiger partial charge in [-0.05, 0) is 13.0 Å². The van der Waals surface area contributed by atoms with Crippen LogP contribution in [0.25, 0.3) is 5.53 Å². The van der Waals surface area contributed by atoms with Gasteiger partial charge in [-0.25, -0.2) is 0 Å². The van der Waals surface area contributed by atoms with Crippen LogP contribution in [0.5, 0.6) is 5.75 Å². The first kappa shape index (κ1) is 17.7. The van der Waals surface area contributed by atoms with Crippen molar-refractivity contribution in [3.63, 3.8) is 0 Å². The van der Waals surface area contributed by atoms with E-state index in [9.17, 15) is 40.7 Å². The first-order chi connectivity index (χ1) is 12.6. The number of phenolic OH excluding ortho intramolecular Hbond substituents is 1. The van der Waals surface area contributed by atoms with Gasteiger partial charge in [-0.1, -0.05) is 12.1 Å². The van der Waals surface area contributed by atoms with Crippen LogP contribution in [0, 0.1) is 0 Å². The third-order valence-corrected chi connectivity index (χ3v) is 5.61. The molecule has 0 aromatic heterocycles. The van der Waals surface area contributed by atoms with E-state index in [2.05, 4.69) is 0 Å². The molecule has 4 rings (SSSR count). The van der Waals surface area contributed by atoms with Crippen molar-refractivity contribution in [3.05, 3.63) is 57.1 Å². The molecular weight excluding hydrogens is 356 g/mol. The summed E-state index contributed by atoms with van der Waals surface area (Å²) < 4.78 is 0. The molecule has 3 aliphatic rings. The molecule has 6 N–H and O–H groups in total. The number of phenols is 1. The molecule has 27 heavy (non-hydrogen) atoms. The number of carbonyl (C=O) groups is 2. The van der Waals surface area contributed by atoms with Gasteiger partial charge in [0.25, 0.3) is 0 Å². The van der Waals surface area contributed by atoms with Gasteiger partial charge in [0.1, 0.15) is 29.7 Å². The van der Waals surface area contributed by atoms with Crippen LogP contribution in [-0.2, 0) is 0 Å². The average Bonchev–Trinajstić information content (AvgIpc) is 2.98. The van der Waals surface area contributed by atoms with E-state index in [0.29, 0.717) is 0 Å². The maximum atomic E-state index is 13.0. The van der Waals surface area contributed by atoms with Crippen LogP contribution in [-0.4, -0.2) is 67.1 Å². The third-order valence-electron chi connectivity index (χ3n) is 5.61. The molecule has 0 saturated carbocycles. The number of Topliss-reactive ketones (excluding diaryl/α,β-unsaturated/α-hetero) is 2. The fourth-order valence-corrected chi connectivity index (χ4v) is 4.18. The standard InChI is InChI=1S/C18H16N2O7/c1-18(27)16(25)11-9(15(24)17(18)26)8-10(12(11)20-19)14(23)7-5(13(8)22)3-2-4-6(7)21/h2-4,12,15-17,20-21,24-27H,1H3/t12?,15-,16+,17-,18+/m0/s1. The van der Waals surface area contributed by atoms with Crippen LogP contribution in [0.2, 0.25) is 0 Å². The Morgan fingerprint density at radius 1 is 1.11 bits per heavy atom. The van der Waals surface area contributed by atoms with Crippen molar-refractivity contribution < 1.29 is 40.2 Å². The number of benzene rings is 1. The van der Waals surface area contributed by atoms with Gasteiger partial charge >= 0.3 is 0 Å². The molecule has 1 aromatic rings. The summed E-state index contributed by atoms with van der Waals surface area (Å²) in [4.78, 5) is 26.0. The highest BCUT2D eigenvalue weighted by Crippen LogP contribution is 2.48. The summed E-state index contributed by atoms with van der Waals surface area (Å²) in [5, 5.41) is 53.6. The highest BCUT2D eigenvalue weighted by atomic mass is 16.4. The number of nitrogens with one attached hydrogen (secondary N) is 1. The number of hydrogen-bond acceptors (Lipinski definition) is 7. The van der Waals surface area contributed by atoms with E-state index in [1.165, 1.54) is 18.2 Å². The summed E-state index contributed by atoms with van der Waals surface area (Å²) in [5.74, 6) is -1.90. The molecule has 5 atom stereocenters. The van der Waals surface area contributed by atoms with Gasteiger partial charge in [0.15, 0.2) is 11.8 Å². The maximum Gasteiger partial charge on any atom is 0.201 e. The number of ketones is 2. The van der Waals surface area contributed by atoms with Crippen LogP contribution in [0.15, 0.2) is 40.5 Å². The average molecular weight is 372 g/mol. The lowest BCUT2D eigenvalue weighted by atomic mass is 9.73. The third kappa shape index (κ3) is 1.96. The quantitative estimate of drug-likeness (QED) is 0.301. The number of nitrogens with zero attached hydrogens (tertiary/aromatic N) is 1. The summed E-state index contributed by atoms with van der Waals surface area (Å²) in [7, 11) is 0. The summed E-state index contributed by atoms with van der Waals surface area (Å²) in [6.07, 6.45) is -5.40. The lowest BCUT2D eigenvalue weighted by Crippen LogP contribution is -2.75. The number of rotatable bonds is 1. The Kier molecular flexibility index (Phi) is 3.53. The first-order valence-corrected chi connectivity index (χ1v) is 8.20. The van der Waals surface area contributed by atoms with Gasteiger partial charge in [0.05, 0.1) is 11.1 Å². The minimum atomic E-state index is -2.19. The molecule has 9 heteroatoms. The van der Waals surface area contributed by atoms with E-state index >= 15 is 0 Å². The first-order valence-electron chi connectivity index (χ1n) is 8.20. The van der Waals surface area contributed by atoms with E-state index in [0.717, 1.165) is 6.92 Å². The lowest BCUT2D eigenvalue weighted by Gasteiger charge is -2.42. The zero-order valence-electron chi connectivity index (χ0n) is 14.0. The van der Waals surface area contributed by atoms with Crippen molar-refractivity contribution in [1.82, 2.24) is 0 Å². The minimum Gasteiger partial charge on any atom is -0.508 e. The Morgan fingerprint density at radius 3 is 2.41 bits per heavy atom. The lowest BCUT2D eigenvalue weighted by molar-refractivity contribution is -0.504. The molecule has 0 heterocycles. The second-order valence-electron chi connectivity index (χ2n) is 7.10. The van der Waals surface area contributed by atoms with Crippen molar-refractivity contribution in [3.8, 4) is 5.75 Å². The normalized spacial score (nSPS) is 35.1. The molecule has 0 saturated heterocycles. The topological polar surface area (TPSA) is 172 Å². The van der Waals surface area contributed by atoms with Gasteiger partial charge in [-0.2, -0.15) is 0 Å². The smallest absolute Gasteiger partial charge is 0.201 e. The Morgan fingerprint density at radius 2 is 1.78 bits per heavy atom. The van der Waals surface area contributed by atoms with Gasteiger partial charge in [-0.3, -0.25) is 9.59 Å². The zero-order valence-corrected chi connectivity index (χ0v) is 14.0. The predicted octanol–water partition coefficient (Wildman–Crippen LogP) is -2.30. The monoisotopic (exact) mass is 372 g/mol.